The van der Waals surface area contributed by atoms with Crippen LogP contribution in [0.1, 0.15) is 30.2 Å². The summed E-state index contributed by atoms with van der Waals surface area (Å²) in [6.45, 7) is 4.03. The van der Waals surface area contributed by atoms with Crippen LogP contribution in [0.4, 0.5) is 10.2 Å². The standard InChI is InChI=1S/C18H17FN4O2/c1-10(2)23-8-6-15(22-23)13-5-7-21-17(20)16(13)11-3-4-12(18(24)25)14(19)9-11/h3-10H,1-2H3,(H2,20,21)(H,24,25). The Morgan fingerprint density at radius 2 is 2.04 bits per heavy atom. The lowest BCUT2D eigenvalue weighted by molar-refractivity contribution is 0.0692. The van der Waals surface area contributed by atoms with Gasteiger partial charge in [-0.25, -0.2) is 14.2 Å². The van der Waals surface area contributed by atoms with Crippen molar-refractivity contribution in [2.75, 3.05) is 5.73 Å². The molecule has 0 amide bonds. The van der Waals surface area contributed by atoms with E-state index in [4.69, 9.17) is 10.8 Å². The first kappa shape index (κ1) is 16.6. The summed E-state index contributed by atoms with van der Waals surface area (Å²) in [4.78, 5) is 15.1. The molecular formula is C18H17FN4O2. The Kier molecular flexibility index (Phi) is 4.22. The van der Waals surface area contributed by atoms with E-state index in [-0.39, 0.29) is 11.9 Å². The molecule has 0 saturated heterocycles. The number of anilines is 1. The van der Waals surface area contributed by atoms with Crippen molar-refractivity contribution in [2.24, 2.45) is 0 Å². The number of benzene rings is 1. The van der Waals surface area contributed by atoms with E-state index < -0.39 is 17.3 Å². The first-order valence-corrected chi connectivity index (χ1v) is 7.71. The molecule has 0 unspecified atom stereocenters. The van der Waals surface area contributed by atoms with Crippen molar-refractivity contribution in [3.63, 3.8) is 0 Å². The number of aromatic nitrogens is 3. The highest BCUT2D eigenvalue weighted by Gasteiger charge is 2.17. The van der Waals surface area contributed by atoms with Gasteiger partial charge in [-0.15, -0.1) is 0 Å². The Hall–Kier alpha value is -3.22. The summed E-state index contributed by atoms with van der Waals surface area (Å²) in [5.74, 6) is -1.93. The number of carboxylic acid groups (broad SMARTS) is 1. The summed E-state index contributed by atoms with van der Waals surface area (Å²) in [6.07, 6.45) is 3.42. The molecule has 25 heavy (non-hydrogen) atoms. The van der Waals surface area contributed by atoms with Crippen LogP contribution < -0.4 is 5.73 Å². The van der Waals surface area contributed by atoms with Crippen molar-refractivity contribution in [1.82, 2.24) is 14.8 Å². The second-order valence-corrected chi connectivity index (χ2v) is 5.89. The third-order valence-corrected chi connectivity index (χ3v) is 3.88. The zero-order chi connectivity index (χ0) is 18.1. The van der Waals surface area contributed by atoms with Crippen molar-refractivity contribution >= 4 is 11.8 Å². The number of nitrogen functional groups attached to an aromatic ring is 1. The smallest absolute Gasteiger partial charge is 0.338 e. The molecule has 3 N–H and O–H groups in total. The van der Waals surface area contributed by atoms with Gasteiger partial charge in [0.15, 0.2) is 0 Å². The van der Waals surface area contributed by atoms with E-state index in [0.717, 1.165) is 6.07 Å². The van der Waals surface area contributed by atoms with Gasteiger partial charge in [0, 0.05) is 29.6 Å². The van der Waals surface area contributed by atoms with Gasteiger partial charge in [0.25, 0.3) is 0 Å². The van der Waals surface area contributed by atoms with Gasteiger partial charge >= 0.3 is 5.97 Å². The van der Waals surface area contributed by atoms with Crippen LogP contribution in [0.2, 0.25) is 0 Å². The van der Waals surface area contributed by atoms with Crippen molar-refractivity contribution < 1.29 is 14.3 Å². The molecule has 0 aliphatic rings. The first-order valence-electron chi connectivity index (χ1n) is 7.71. The van der Waals surface area contributed by atoms with Crippen molar-refractivity contribution in [3.8, 4) is 22.4 Å². The molecule has 0 spiro atoms. The number of nitrogens with zero attached hydrogens (tertiary/aromatic N) is 3. The summed E-state index contributed by atoms with van der Waals surface area (Å²) >= 11 is 0. The molecule has 3 aromatic rings. The fourth-order valence-corrected chi connectivity index (χ4v) is 2.61. The maximum absolute atomic E-state index is 14.1. The number of carboxylic acids is 1. The third kappa shape index (κ3) is 3.08. The van der Waals surface area contributed by atoms with Crippen LogP contribution in [-0.2, 0) is 0 Å². The molecular weight excluding hydrogens is 323 g/mol. The highest BCUT2D eigenvalue weighted by atomic mass is 19.1. The zero-order valence-electron chi connectivity index (χ0n) is 13.8. The van der Waals surface area contributed by atoms with Gasteiger partial charge in [-0.3, -0.25) is 4.68 Å². The highest BCUT2D eigenvalue weighted by molar-refractivity contribution is 5.91. The molecule has 0 aliphatic heterocycles. The normalized spacial score (nSPS) is 11.0. The van der Waals surface area contributed by atoms with Crippen LogP contribution >= 0.6 is 0 Å². The number of hydrogen-bond donors (Lipinski definition) is 2. The average molecular weight is 340 g/mol. The van der Waals surface area contributed by atoms with Crippen LogP contribution in [0.5, 0.6) is 0 Å². The molecule has 0 radical (unpaired) electrons. The molecule has 128 valence electrons. The average Bonchev–Trinajstić information content (AvgIpc) is 3.04. The van der Waals surface area contributed by atoms with E-state index in [1.165, 1.54) is 12.1 Å². The topological polar surface area (TPSA) is 94.0 Å². The summed E-state index contributed by atoms with van der Waals surface area (Å²) in [5, 5.41) is 13.5. The van der Waals surface area contributed by atoms with Gasteiger partial charge in [0.1, 0.15) is 11.6 Å². The van der Waals surface area contributed by atoms with Crippen molar-refractivity contribution in [1.29, 1.82) is 0 Å². The van der Waals surface area contributed by atoms with Gasteiger partial charge in [0.05, 0.1) is 11.3 Å². The lowest BCUT2D eigenvalue weighted by Gasteiger charge is -2.11. The fourth-order valence-electron chi connectivity index (χ4n) is 2.61. The molecule has 2 aromatic heterocycles. The number of pyridine rings is 1. The van der Waals surface area contributed by atoms with E-state index in [9.17, 15) is 9.18 Å². The fraction of sp³-hybridized carbons (Fsp3) is 0.167. The molecule has 0 saturated carbocycles. The van der Waals surface area contributed by atoms with Gasteiger partial charge in [-0.2, -0.15) is 5.10 Å². The largest absolute Gasteiger partial charge is 0.478 e. The molecule has 1 aromatic carbocycles. The SMILES string of the molecule is CC(C)n1ccc(-c2ccnc(N)c2-c2ccc(C(=O)O)c(F)c2)n1. The Bertz CT molecular complexity index is 950. The van der Waals surface area contributed by atoms with Gasteiger partial charge in [-0.05, 0) is 43.7 Å². The summed E-state index contributed by atoms with van der Waals surface area (Å²) in [6, 6.07) is 7.68. The molecule has 2 heterocycles. The molecule has 0 bridgehead atoms. The lowest BCUT2D eigenvalue weighted by atomic mass is 9.97. The predicted octanol–water partition coefficient (Wildman–Crippen LogP) is 3.61. The molecule has 0 fully saturated rings. The number of carbonyl (C=O) groups is 1. The number of nitrogens with two attached hydrogens (primary N) is 1. The van der Waals surface area contributed by atoms with E-state index >= 15 is 0 Å². The quantitative estimate of drug-likeness (QED) is 0.756. The van der Waals surface area contributed by atoms with E-state index in [2.05, 4.69) is 10.1 Å². The molecule has 7 heteroatoms. The molecule has 0 aliphatic carbocycles. The Labute approximate surface area is 143 Å². The summed E-state index contributed by atoms with van der Waals surface area (Å²) in [5.41, 5.74) is 7.98. The van der Waals surface area contributed by atoms with E-state index in [1.54, 1.807) is 12.3 Å². The van der Waals surface area contributed by atoms with Crippen LogP contribution in [-0.4, -0.2) is 25.8 Å². The van der Waals surface area contributed by atoms with Crippen LogP contribution in [0.25, 0.3) is 22.4 Å². The lowest BCUT2D eigenvalue weighted by Crippen LogP contribution is -2.03. The Morgan fingerprint density at radius 1 is 1.28 bits per heavy atom. The van der Waals surface area contributed by atoms with Crippen LogP contribution in [0, 0.1) is 5.82 Å². The van der Waals surface area contributed by atoms with Crippen LogP contribution in [0.15, 0.2) is 42.7 Å². The minimum atomic E-state index is -1.32. The minimum absolute atomic E-state index is 0.198. The predicted molar refractivity (Wildman–Crippen MR) is 92.6 cm³/mol. The first-order chi connectivity index (χ1) is 11.9. The van der Waals surface area contributed by atoms with Crippen molar-refractivity contribution in [2.45, 2.75) is 19.9 Å². The van der Waals surface area contributed by atoms with Gasteiger partial charge in [-0.1, -0.05) is 6.07 Å². The Morgan fingerprint density at radius 3 is 2.64 bits per heavy atom. The van der Waals surface area contributed by atoms with E-state index in [1.807, 2.05) is 30.8 Å². The summed E-state index contributed by atoms with van der Waals surface area (Å²) in [7, 11) is 0. The second kappa shape index (κ2) is 6.35. The zero-order valence-corrected chi connectivity index (χ0v) is 13.8. The minimum Gasteiger partial charge on any atom is -0.478 e. The molecule has 0 atom stereocenters. The molecule has 6 nitrogen and oxygen atoms in total. The van der Waals surface area contributed by atoms with Crippen molar-refractivity contribution in [3.05, 3.63) is 54.1 Å². The van der Waals surface area contributed by atoms with E-state index in [0.29, 0.717) is 22.4 Å². The molecule has 3 rings (SSSR count). The van der Waals surface area contributed by atoms with Gasteiger partial charge < -0.3 is 10.8 Å². The number of halogens is 1. The third-order valence-electron chi connectivity index (χ3n) is 3.88. The Balaban J connectivity index is 2.16. The number of hydrogen-bond acceptors (Lipinski definition) is 4. The number of rotatable bonds is 4. The second-order valence-electron chi connectivity index (χ2n) is 5.89. The highest BCUT2D eigenvalue weighted by Crippen LogP contribution is 2.35. The van der Waals surface area contributed by atoms with Gasteiger partial charge in [0.2, 0.25) is 0 Å². The van der Waals surface area contributed by atoms with Crippen LogP contribution in [0.3, 0.4) is 0 Å². The maximum Gasteiger partial charge on any atom is 0.338 e. The monoisotopic (exact) mass is 340 g/mol. The summed E-state index contributed by atoms with van der Waals surface area (Å²) < 4.78 is 15.9. The number of aromatic carboxylic acids is 1. The maximum atomic E-state index is 14.1.